The number of carbonyl (C=O) groups is 2. The van der Waals surface area contributed by atoms with Gasteiger partial charge in [0, 0.05) is 11.1 Å². The second kappa shape index (κ2) is 6.91. The van der Waals surface area contributed by atoms with Gasteiger partial charge in [0.05, 0.1) is 14.2 Å². The van der Waals surface area contributed by atoms with E-state index in [2.05, 4.69) is 0 Å². The van der Waals surface area contributed by atoms with E-state index < -0.39 is 11.9 Å². The van der Waals surface area contributed by atoms with Crippen molar-refractivity contribution in [1.82, 2.24) is 0 Å². The van der Waals surface area contributed by atoms with Gasteiger partial charge in [-0.2, -0.15) is 0 Å². The summed E-state index contributed by atoms with van der Waals surface area (Å²) in [4.78, 5) is 24.1. The number of esters is 2. The van der Waals surface area contributed by atoms with Crippen LogP contribution in [0.4, 0.5) is 0 Å². The molecule has 0 saturated carbocycles. The zero-order chi connectivity index (χ0) is 16.1. The quantitative estimate of drug-likeness (QED) is 0.585. The van der Waals surface area contributed by atoms with Gasteiger partial charge in [0.25, 0.3) is 0 Å². The minimum absolute atomic E-state index is 0.124. The highest BCUT2D eigenvalue weighted by molar-refractivity contribution is 6.00. The van der Waals surface area contributed by atoms with Gasteiger partial charge in [-0.15, -0.1) is 0 Å². The van der Waals surface area contributed by atoms with Crippen LogP contribution in [-0.2, 0) is 19.1 Å². The predicted octanol–water partition coefficient (Wildman–Crippen LogP) is 3.50. The van der Waals surface area contributed by atoms with E-state index >= 15 is 0 Å². The first kappa shape index (κ1) is 18.7. The molecule has 0 aromatic carbocycles. The Balaban J connectivity index is 5.84. The highest BCUT2D eigenvalue weighted by atomic mass is 16.5. The standard InChI is InChI=1S/C16H28O4/c1-15(2,3)9-11(13(17)19-7)12(14(18)20-8)10-16(4,5)6/h9-10H2,1-8H3/b12-11-. The number of hydrogen-bond donors (Lipinski definition) is 0. The van der Waals surface area contributed by atoms with Crippen molar-refractivity contribution in [3.05, 3.63) is 11.1 Å². The van der Waals surface area contributed by atoms with Crippen LogP contribution in [0.5, 0.6) is 0 Å². The van der Waals surface area contributed by atoms with Crippen LogP contribution in [0.15, 0.2) is 11.1 Å². The summed E-state index contributed by atoms with van der Waals surface area (Å²) < 4.78 is 9.69. The fourth-order valence-corrected chi connectivity index (χ4v) is 1.91. The molecule has 0 saturated heterocycles. The van der Waals surface area contributed by atoms with E-state index in [0.29, 0.717) is 24.0 Å². The zero-order valence-electron chi connectivity index (χ0n) is 14.0. The van der Waals surface area contributed by atoms with Gasteiger partial charge in [0.1, 0.15) is 0 Å². The molecule has 0 aromatic rings. The normalized spacial score (nSPS) is 13.6. The summed E-state index contributed by atoms with van der Waals surface area (Å²) in [6.45, 7) is 12.1. The maximum absolute atomic E-state index is 12.0. The first-order valence-corrected chi connectivity index (χ1v) is 6.80. The third-order valence-electron chi connectivity index (χ3n) is 2.64. The summed E-state index contributed by atoms with van der Waals surface area (Å²) >= 11 is 0. The lowest BCUT2D eigenvalue weighted by molar-refractivity contribution is -0.140. The van der Waals surface area contributed by atoms with Crippen molar-refractivity contribution < 1.29 is 19.1 Å². The van der Waals surface area contributed by atoms with Crippen LogP contribution in [0, 0.1) is 10.8 Å². The van der Waals surface area contributed by atoms with Crippen LogP contribution in [0.25, 0.3) is 0 Å². The van der Waals surface area contributed by atoms with E-state index in [1.807, 2.05) is 41.5 Å². The zero-order valence-corrected chi connectivity index (χ0v) is 14.0. The minimum Gasteiger partial charge on any atom is -0.466 e. The number of ether oxygens (including phenoxy) is 2. The summed E-state index contributed by atoms with van der Waals surface area (Å²) in [5.74, 6) is -0.908. The highest BCUT2D eigenvalue weighted by Gasteiger charge is 2.29. The number of carbonyl (C=O) groups excluding carboxylic acids is 2. The molecule has 0 amide bonds. The largest absolute Gasteiger partial charge is 0.466 e. The highest BCUT2D eigenvalue weighted by Crippen LogP contribution is 2.32. The summed E-state index contributed by atoms with van der Waals surface area (Å²) in [5.41, 5.74) is 0.588. The van der Waals surface area contributed by atoms with Crippen molar-refractivity contribution in [1.29, 1.82) is 0 Å². The van der Waals surface area contributed by atoms with Gasteiger partial charge in [-0.05, 0) is 23.7 Å². The molecule has 0 atom stereocenters. The van der Waals surface area contributed by atoms with Crippen molar-refractivity contribution in [3.63, 3.8) is 0 Å². The molecular weight excluding hydrogens is 256 g/mol. The fourth-order valence-electron chi connectivity index (χ4n) is 1.91. The van der Waals surface area contributed by atoms with Gasteiger partial charge in [-0.3, -0.25) is 0 Å². The number of methoxy groups -OCH3 is 2. The molecule has 4 nitrogen and oxygen atoms in total. The Hall–Kier alpha value is -1.32. The van der Waals surface area contributed by atoms with Crippen molar-refractivity contribution in [2.45, 2.75) is 54.4 Å². The van der Waals surface area contributed by atoms with Crippen LogP contribution in [0.3, 0.4) is 0 Å². The Kier molecular flexibility index (Phi) is 6.45. The fraction of sp³-hybridized carbons (Fsp3) is 0.750. The summed E-state index contributed by atoms with van der Waals surface area (Å²) in [6, 6.07) is 0. The Labute approximate surface area is 122 Å². The molecule has 0 N–H and O–H groups in total. The Morgan fingerprint density at radius 2 is 0.950 bits per heavy atom. The second-order valence-electron chi connectivity index (χ2n) is 7.42. The van der Waals surface area contributed by atoms with Gasteiger partial charge < -0.3 is 9.47 Å². The Bertz CT molecular complexity index is 354. The number of rotatable bonds is 4. The summed E-state index contributed by atoms with van der Waals surface area (Å²) in [6.07, 6.45) is 0.945. The maximum Gasteiger partial charge on any atom is 0.334 e. The molecule has 0 fully saturated rings. The van der Waals surface area contributed by atoms with Crippen molar-refractivity contribution in [2.75, 3.05) is 14.2 Å². The van der Waals surface area contributed by atoms with Crippen LogP contribution >= 0.6 is 0 Å². The van der Waals surface area contributed by atoms with Crippen molar-refractivity contribution in [2.24, 2.45) is 10.8 Å². The molecule has 0 aliphatic carbocycles. The third kappa shape index (κ3) is 6.73. The molecule has 0 bridgehead atoms. The van der Waals surface area contributed by atoms with Crippen LogP contribution in [0.1, 0.15) is 54.4 Å². The number of hydrogen-bond acceptors (Lipinski definition) is 4. The lowest BCUT2D eigenvalue weighted by atomic mass is 9.81. The monoisotopic (exact) mass is 284 g/mol. The summed E-state index contributed by atoms with van der Waals surface area (Å²) in [7, 11) is 2.66. The average molecular weight is 284 g/mol. The Morgan fingerprint density at radius 1 is 0.700 bits per heavy atom. The molecule has 4 heteroatoms. The minimum atomic E-state index is -0.454. The van der Waals surface area contributed by atoms with E-state index in [1.165, 1.54) is 14.2 Å². The molecule has 116 valence electrons. The van der Waals surface area contributed by atoms with Gasteiger partial charge >= 0.3 is 11.9 Å². The molecule has 0 spiro atoms. The van der Waals surface area contributed by atoms with E-state index in [0.717, 1.165) is 0 Å². The van der Waals surface area contributed by atoms with E-state index in [4.69, 9.17) is 9.47 Å². The van der Waals surface area contributed by atoms with E-state index in [1.54, 1.807) is 0 Å². The molecule has 0 radical (unpaired) electrons. The van der Waals surface area contributed by atoms with Gasteiger partial charge in [0.15, 0.2) is 0 Å². The molecule has 0 aliphatic rings. The molecular formula is C16H28O4. The van der Waals surface area contributed by atoms with Crippen LogP contribution < -0.4 is 0 Å². The lowest BCUT2D eigenvalue weighted by Gasteiger charge is -2.25. The van der Waals surface area contributed by atoms with Gasteiger partial charge in [0.2, 0.25) is 0 Å². The molecule has 0 rings (SSSR count). The maximum atomic E-state index is 12.0. The summed E-state index contributed by atoms with van der Waals surface area (Å²) in [5, 5.41) is 0. The smallest absolute Gasteiger partial charge is 0.334 e. The second-order valence-corrected chi connectivity index (χ2v) is 7.42. The molecule has 0 aromatic heterocycles. The third-order valence-corrected chi connectivity index (χ3v) is 2.64. The topological polar surface area (TPSA) is 52.6 Å². The van der Waals surface area contributed by atoms with Gasteiger partial charge in [-0.25, -0.2) is 9.59 Å². The van der Waals surface area contributed by atoms with Crippen molar-refractivity contribution >= 4 is 11.9 Å². The Morgan fingerprint density at radius 3 is 1.10 bits per heavy atom. The molecule has 0 aliphatic heterocycles. The molecule has 0 unspecified atom stereocenters. The van der Waals surface area contributed by atoms with Gasteiger partial charge in [-0.1, -0.05) is 41.5 Å². The first-order chi connectivity index (χ1) is 8.91. The average Bonchev–Trinajstić information content (AvgIpc) is 2.29. The SMILES string of the molecule is COC(=O)/C(CC(C)(C)C)=C(/CC(C)(C)C)C(=O)OC. The van der Waals surface area contributed by atoms with Crippen molar-refractivity contribution in [3.8, 4) is 0 Å². The predicted molar refractivity (Wildman–Crippen MR) is 79.2 cm³/mol. The van der Waals surface area contributed by atoms with Crippen LogP contribution in [-0.4, -0.2) is 26.2 Å². The first-order valence-electron chi connectivity index (χ1n) is 6.80. The molecule has 20 heavy (non-hydrogen) atoms. The molecule has 0 heterocycles. The van der Waals surface area contributed by atoms with E-state index in [9.17, 15) is 9.59 Å². The lowest BCUT2D eigenvalue weighted by Crippen LogP contribution is -2.22. The van der Waals surface area contributed by atoms with Crippen LogP contribution in [0.2, 0.25) is 0 Å². The van der Waals surface area contributed by atoms with E-state index in [-0.39, 0.29) is 10.8 Å².